The van der Waals surface area contributed by atoms with Gasteiger partial charge < -0.3 is 5.32 Å². The second-order valence-corrected chi connectivity index (χ2v) is 9.19. The largest absolute Gasteiger partial charge is 0.321 e. The maximum Gasteiger partial charge on any atom is 0.269 e. The molecule has 0 unspecified atom stereocenters. The number of benzene rings is 3. The van der Waals surface area contributed by atoms with Crippen molar-refractivity contribution in [2.45, 2.75) is 18.6 Å². The molecule has 3 aromatic carbocycles. The van der Waals surface area contributed by atoms with Crippen molar-refractivity contribution in [1.82, 2.24) is 0 Å². The first-order chi connectivity index (χ1) is 17.3. The number of anilines is 2. The van der Waals surface area contributed by atoms with Gasteiger partial charge in [0.25, 0.3) is 11.6 Å². The predicted octanol–water partition coefficient (Wildman–Crippen LogP) is 5.11. The lowest BCUT2D eigenvalue weighted by atomic mass is 10.1. The monoisotopic (exact) mass is 502 g/mol. The fourth-order valence-electron chi connectivity index (χ4n) is 3.65. The number of aryl methyl sites for hydroxylation is 1. The zero-order chi connectivity index (χ0) is 25.8. The highest BCUT2D eigenvalue weighted by Crippen LogP contribution is 2.42. The number of hydrogen-bond donors (Lipinski definition) is 1. The molecule has 0 bridgehead atoms. The molecule has 0 aliphatic carbocycles. The van der Waals surface area contributed by atoms with Crippen LogP contribution in [0.2, 0.25) is 0 Å². The normalized spacial score (nSPS) is 16.4. The van der Waals surface area contributed by atoms with Crippen LogP contribution in [0, 0.1) is 34.2 Å². The van der Waals surface area contributed by atoms with E-state index in [1.54, 1.807) is 24.3 Å². The fraction of sp³-hybridized carbons (Fsp3) is 0.115. The van der Waals surface area contributed by atoms with Crippen molar-refractivity contribution in [1.29, 1.82) is 5.26 Å². The van der Waals surface area contributed by atoms with E-state index in [2.05, 4.69) is 5.32 Å². The molecule has 1 fully saturated rings. The van der Waals surface area contributed by atoms with E-state index in [0.29, 0.717) is 16.9 Å². The summed E-state index contributed by atoms with van der Waals surface area (Å²) in [6, 6.07) is 20.0. The molecule has 1 aliphatic rings. The van der Waals surface area contributed by atoms with Gasteiger partial charge in [-0.2, -0.15) is 5.26 Å². The molecule has 2 amide bonds. The third kappa shape index (κ3) is 5.26. The summed E-state index contributed by atoms with van der Waals surface area (Å²) in [5.41, 5.74) is 1.95. The van der Waals surface area contributed by atoms with Crippen LogP contribution in [0.1, 0.15) is 11.1 Å². The fourth-order valence-corrected chi connectivity index (χ4v) is 4.96. The zero-order valence-electron chi connectivity index (χ0n) is 19.0. The Morgan fingerprint density at radius 2 is 1.86 bits per heavy atom. The van der Waals surface area contributed by atoms with Gasteiger partial charge in [0, 0.05) is 23.5 Å². The lowest BCUT2D eigenvalue weighted by Crippen LogP contribution is -2.30. The highest BCUT2D eigenvalue weighted by Gasteiger charge is 2.41. The highest BCUT2D eigenvalue weighted by atomic mass is 32.2. The molecular weight excluding hydrogens is 483 g/mol. The van der Waals surface area contributed by atoms with E-state index in [-0.39, 0.29) is 28.6 Å². The molecule has 3 aromatic rings. The second kappa shape index (κ2) is 10.4. The Bertz CT molecular complexity index is 1420. The Morgan fingerprint density at radius 1 is 1.17 bits per heavy atom. The van der Waals surface area contributed by atoms with E-state index >= 15 is 0 Å². The van der Waals surface area contributed by atoms with Crippen LogP contribution in [-0.4, -0.2) is 22.0 Å². The van der Waals surface area contributed by atoms with Crippen LogP contribution in [0.15, 0.2) is 83.4 Å². The highest BCUT2D eigenvalue weighted by molar-refractivity contribution is 8.05. The summed E-state index contributed by atoms with van der Waals surface area (Å²) in [4.78, 5) is 38.5. The first-order valence-corrected chi connectivity index (χ1v) is 11.7. The number of carbonyl (C=O) groups is 2. The van der Waals surface area contributed by atoms with Crippen molar-refractivity contribution in [3.8, 4) is 6.07 Å². The first kappa shape index (κ1) is 24.6. The number of hydrogen-bond acceptors (Lipinski definition) is 6. The Kier molecular flexibility index (Phi) is 7.12. The number of nitrogens with zero attached hydrogens (tertiary/aromatic N) is 3. The number of nitrogens with one attached hydrogen (secondary N) is 1. The van der Waals surface area contributed by atoms with Gasteiger partial charge in [-0.25, -0.2) is 4.39 Å². The average molecular weight is 503 g/mol. The quantitative estimate of drug-likeness (QED) is 0.217. The van der Waals surface area contributed by atoms with Crippen molar-refractivity contribution in [2.24, 2.45) is 0 Å². The van der Waals surface area contributed by atoms with Gasteiger partial charge in [-0.15, -0.1) is 0 Å². The summed E-state index contributed by atoms with van der Waals surface area (Å²) >= 11 is 1.05. The topological polar surface area (TPSA) is 116 Å². The van der Waals surface area contributed by atoms with Crippen LogP contribution in [0.5, 0.6) is 0 Å². The van der Waals surface area contributed by atoms with E-state index in [0.717, 1.165) is 17.3 Å². The Morgan fingerprint density at radius 3 is 2.50 bits per heavy atom. The molecule has 0 spiro atoms. The van der Waals surface area contributed by atoms with E-state index in [9.17, 15) is 29.4 Å². The molecule has 0 radical (unpaired) electrons. The second-order valence-electron chi connectivity index (χ2n) is 8.00. The SMILES string of the molecule is Cc1ccc(N2C(=O)[C@H](Cc3cccc([N+](=O)[O-])c3)S/C2=C(\C#N)C(=O)Nc2ccc(F)cc2)cc1. The maximum absolute atomic E-state index is 13.5. The molecule has 0 aromatic heterocycles. The Labute approximate surface area is 210 Å². The lowest BCUT2D eigenvalue weighted by Gasteiger charge is -2.19. The van der Waals surface area contributed by atoms with Crippen LogP contribution >= 0.6 is 11.8 Å². The summed E-state index contributed by atoms with van der Waals surface area (Å²) in [6.45, 7) is 1.89. The van der Waals surface area contributed by atoms with Crippen LogP contribution in [0.3, 0.4) is 0 Å². The summed E-state index contributed by atoms with van der Waals surface area (Å²) < 4.78 is 13.2. The molecule has 8 nitrogen and oxygen atoms in total. The van der Waals surface area contributed by atoms with Gasteiger partial charge in [0.05, 0.1) is 10.2 Å². The molecule has 4 rings (SSSR count). The molecule has 10 heteroatoms. The number of carbonyl (C=O) groups excluding carboxylic acids is 2. The number of nitriles is 1. The molecule has 0 saturated carbocycles. The molecule has 180 valence electrons. The number of thioether (sulfide) groups is 1. The van der Waals surface area contributed by atoms with Crippen LogP contribution in [0.4, 0.5) is 21.5 Å². The zero-order valence-corrected chi connectivity index (χ0v) is 19.8. The maximum atomic E-state index is 13.5. The lowest BCUT2D eigenvalue weighted by molar-refractivity contribution is -0.384. The number of rotatable bonds is 6. The van der Waals surface area contributed by atoms with Crippen molar-refractivity contribution in [3.05, 3.63) is 110 Å². The first-order valence-electron chi connectivity index (χ1n) is 10.8. The van der Waals surface area contributed by atoms with E-state index in [1.807, 2.05) is 25.1 Å². The van der Waals surface area contributed by atoms with E-state index in [4.69, 9.17) is 0 Å². The number of nitro benzene ring substituents is 1. The summed E-state index contributed by atoms with van der Waals surface area (Å²) in [6.07, 6.45) is 0.162. The third-order valence-corrected chi connectivity index (χ3v) is 6.71. The number of amides is 2. The Hall–Kier alpha value is -4.49. The average Bonchev–Trinajstić information content (AvgIpc) is 3.17. The molecule has 1 aliphatic heterocycles. The minimum absolute atomic E-state index is 0.0921. The van der Waals surface area contributed by atoms with Gasteiger partial charge in [0.15, 0.2) is 0 Å². The molecule has 1 saturated heterocycles. The number of non-ortho nitro benzene ring substituents is 1. The van der Waals surface area contributed by atoms with Gasteiger partial charge in [-0.3, -0.25) is 24.6 Å². The summed E-state index contributed by atoms with van der Waals surface area (Å²) in [5, 5.41) is 23.1. The van der Waals surface area contributed by atoms with E-state index < -0.39 is 21.9 Å². The molecule has 1 N–H and O–H groups in total. The summed E-state index contributed by atoms with van der Waals surface area (Å²) in [7, 11) is 0. The Balaban J connectivity index is 1.72. The number of nitro groups is 1. The van der Waals surface area contributed by atoms with E-state index in [1.165, 1.54) is 41.3 Å². The smallest absolute Gasteiger partial charge is 0.269 e. The van der Waals surface area contributed by atoms with Crippen LogP contribution < -0.4 is 10.2 Å². The number of halogens is 1. The van der Waals surface area contributed by atoms with Gasteiger partial charge in [0.1, 0.15) is 22.5 Å². The van der Waals surface area contributed by atoms with Crippen LogP contribution in [-0.2, 0) is 16.0 Å². The predicted molar refractivity (Wildman–Crippen MR) is 135 cm³/mol. The van der Waals surface area contributed by atoms with Gasteiger partial charge in [-0.05, 0) is 55.3 Å². The van der Waals surface area contributed by atoms with Gasteiger partial charge >= 0.3 is 0 Å². The van der Waals surface area contributed by atoms with Crippen molar-refractivity contribution in [3.63, 3.8) is 0 Å². The standard InChI is InChI=1S/C26H19FN4O4S/c1-16-5-11-20(12-6-16)30-25(33)23(14-17-3-2-4-21(13-17)31(34)35)36-26(30)22(15-28)24(32)29-19-9-7-18(27)8-10-19/h2-13,23H,14H2,1H3,(H,29,32)/b26-22+/t23-/m0/s1. The molecule has 1 atom stereocenters. The van der Waals surface area contributed by atoms with Crippen molar-refractivity contribution < 1.29 is 18.9 Å². The van der Waals surface area contributed by atoms with Crippen molar-refractivity contribution >= 4 is 40.6 Å². The van der Waals surface area contributed by atoms with Gasteiger partial charge in [-0.1, -0.05) is 41.6 Å². The van der Waals surface area contributed by atoms with Crippen LogP contribution in [0.25, 0.3) is 0 Å². The van der Waals surface area contributed by atoms with Gasteiger partial charge in [0.2, 0.25) is 5.91 Å². The minimum atomic E-state index is -0.743. The molecule has 36 heavy (non-hydrogen) atoms. The third-order valence-electron chi connectivity index (χ3n) is 5.44. The molecular formula is C26H19FN4O4S. The summed E-state index contributed by atoms with van der Waals surface area (Å²) in [5.74, 6) is -1.57. The molecule has 1 heterocycles. The van der Waals surface area contributed by atoms with Crippen molar-refractivity contribution in [2.75, 3.05) is 10.2 Å². The minimum Gasteiger partial charge on any atom is -0.321 e.